The monoisotopic (exact) mass is 305 g/mol. The number of hydrogen-bond donors (Lipinski definition) is 1. The molecule has 0 radical (unpaired) electrons. The van der Waals surface area contributed by atoms with Crippen LogP contribution in [-0.4, -0.2) is 18.5 Å². The number of rotatable bonds is 5. The molecule has 2 aromatic rings. The van der Waals surface area contributed by atoms with Crippen LogP contribution >= 0.6 is 0 Å². The highest BCUT2D eigenvalue weighted by Crippen LogP contribution is 2.12. The van der Waals surface area contributed by atoms with Crippen molar-refractivity contribution in [2.24, 2.45) is 0 Å². The van der Waals surface area contributed by atoms with Gasteiger partial charge in [0.2, 0.25) is 0 Å². The molecule has 114 valence electrons. The molecule has 0 aliphatic carbocycles. The zero-order valence-corrected chi connectivity index (χ0v) is 11.5. The summed E-state index contributed by atoms with van der Waals surface area (Å²) in [4.78, 5) is 23.1. The Hall–Kier alpha value is -2.76. The minimum Gasteiger partial charge on any atom is -0.455 e. The van der Waals surface area contributed by atoms with E-state index in [1.54, 1.807) is 6.07 Å². The molecule has 0 bridgehead atoms. The number of amides is 1. The van der Waals surface area contributed by atoms with Gasteiger partial charge in [-0.1, -0.05) is 24.3 Å². The Kier molecular flexibility index (Phi) is 5.19. The molecule has 0 atom stereocenters. The van der Waals surface area contributed by atoms with Crippen molar-refractivity contribution >= 4 is 17.6 Å². The molecule has 4 nitrogen and oxygen atoms in total. The maximum absolute atomic E-state index is 13.3. The van der Waals surface area contributed by atoms with Crippen LogP contribution < -0.4 is 5.32 Å². The standard InChI is InChI=1S/C16H13F2NO3/c17-12-7-5-11(6-8-12)9-16(21)22-10-15(20)19-14-4-2-1-3-13(14)18/h1-8H,9-10H2,(H,19,20). The Balaban J connectivity index is 1.79. The zero-order valence-electron chi connectivity index (χ0n) is 11.5. The van der Waals surface area contributed by atoms with Gasteiger partial charge in [0.25, 0.3) is 5.91 Å². The van der Waals surface area contributed by atoms with E-state index in [2.05, 4.69) is 5.32 Å². The van der Waals surface area contributed by atoms with E-state index >= 15 is 0 Å². The van der Waals surface area contributed by atoms with Crippen LogP contribution in [-0.2, 0) is 20.7 Å². The third kappa shape index (κ3) is 4.66. The Morgan fingerprint density at radius 1 is 1.00 bits per heavy atom. The summed E-state index contributed by atoms with van der Waals surface area (Å²) >= 11 is 0. The Morgan fingerprint density at radius 2 is 1.68 bits per heavy atom. The van der Waals surface area contributed by atoms with Gasteiger partial charge >= 0.3 is 5.97 Å². The molecule has 0 saturated heterocycles. The maximum atomic E-state index is 13.3. The molecule has 0 heterocycles. The van der Waals surface area contributed by atoms with Gasteiger partial charge in [0, 0.05) is 0 Å². The summed E-state index contributed by atoms with van der Waals surface area (Å²) < 4.78 is 30.8. The number of para-hydroxylation sites is 1. The van der Waals surface area contributed by atoms with Gasteiger partial charge in [0.1, 0.15) is 11.6 Å². The van der Waals surface area contributed by atoms with E-state index in [0.717, 1.165) is 0 Å². The van der Waals surface area contributed by atoms with Gasteiger partial charge in [-0.3, -0.25) is 9.59 Å². The predicted octanol–water partition coefficient (Wildman–Crippen LogP) is 2.69. The number of anilines is 1. The molecule has 2 rings (SSSR count). The van der Waals surface area contributed by atoms with Crippen LogP contribution in [0.1, 0.15) is 5.56 Å². The van der Waals surface area contributed by atoms with Crippen molar-refractivity contribution in [2.75, 3.05) is 11.9 Å². The molecule has 6 heteroatoms. The number of nitrogens with one attached hydrogen (secondary N) is 1. The second kappa shape index (κ2) is 7.31. The molecule has 0 spiro atoms. The van der Waals surface area contributed by atoms with Crippen LogP contribution in [0.3, 0.4) is 0 Å². The van der Waals surface area contributed by atoms with Crippen molar-refractivity contribution in [1.82, 2.24) is 0 Å². The first-order valence-corrected chi connectivity index (χ1v) is 6.49. The first-order valence-electron chi connectivity index (χ1n) is 6.49. The van der Waals surface area contributed by atoms with Crippen LogP contribution in [0, 0.1) is 11.6 Å². The maximum Gasteiger partial charge on any atom is 0.310 e. The number of ether oxygens (including phenoxy) is 1. The second-order valence-electron chi connectivity index (χ2n) is 4.49. The topological polar surface area (TPSA) is 55.4 Å². The number of esters is 1. The van der Waals surface area contributed by atoms with Crippen LogP contribution in [0.5, 0.6) is 0 Å². The highest BCUT2D eigenvalue weighted by molar-refractivity contribution is 5.92. The Bertz CT molecular complexity index is 671. The van der Waals surface area contributed by atoms with E-state index < -0.39 is 30.1 Å². The van der Waals surface area contributed by atoms with Gasteiger partial charge in [0.15, 0.2) is 6.61 Å². The van der Waals surface area contributed by atoms with Crippen LogP contribution in [0.25, 0.3) is 0 Å². The summed E-state index contributed by atoms with van der Waals surface area (Å²) in [6, 6.07) is 11.0. The lowest BCUT2D eigenvalue weighted by molar-refractivity contribution is -0.146. The molecular formula is C16H13F2NO3. The first kappa shape index (κ1) is 15.6. The normalized spacial score (nSPS) is 10.1. The summed E-state index contributed by atoms with van der Waals surface area (Å²) in [7, 11) is 0. The van der Waals surface area contributed by atoms with Crippen LogP contribution in [0.4, 0.5) is 14.5 Å². The Morgan fingerprint density at radius 3 is 2.36 bits per heavy atom. The molecule has 22 heavy (non-hydrogen) atoms. The average molecular weight is 305 g/mol. The van der Waals surface area contributed by atoms with Gasteiger partial charge in [-0.05, 0) is 29.8 Å². The quantitative estimate of drug-likeness (QED) is 0.864. The Labute approximate surface area is 125 Å². The predicted molar refractivity (Wildman–Crippen MR) is 76.1 cm³/mol. The van der Waals surface area contributed by atoms with Gasteiger partial charge < -0.3 is 10.1 Å². The van der Waals surface area contributed by atoms with Crippen molar-refractivity contribution in [3.05, 3.63) is 65.7 Å². The van der Waals surface area contributed by atoms with Gasteiger partial charge in [0.05, 0.1) is 12.1 Å². The molecule has 0 aliphatic rings. The molecule has 2 aromatic carbocycles. The number of halogens is 2. The summed E-state index contributed by atoms with van der Waals surface area (Å²) in [6.07, 6.45) is -0.0761. The zero-order chi connectivity index (χ0) is 15.9. The van der Waals surface area contributed by atoms with E-state index in [0.29, 0.717) is 5.56 Å². The fourth-order valence-corrected chi connectivity index (χ4v) is 1.71. The van der Waals surface area contributed by atoms with E-state index in [-0.39, 0.29) is 12.1 Å². The fraction of sp³-hybridized carbons (Fsp3) is 0.125. The van der Waals surface area contributed by atoms with Gasteiger partial charge in [-0.2, -0.15) is 0 Å². The van der Waals surface area contributed by atoms with Crippen molar-refractivity contribution in [3.63, 3.8) is 0 Å². The number of benzene rings is 2. The molecular weight excluding hydrogens is 292 g/mol. The van der Waals surface area contributed by atoms with Crippen molar-refractivity contribution in [3.8, 4) is 0 Å². The molecule has 0 saturated carbocycles. The number of carbonyl (C=O) groups is 2. The number of carbonyl (C=O) groups excluding carboxylic acids is 2. The van der Waals surface area contributed by atoms with E-state index in [1.807, 2.05) is 0 Å². The second-order valence-corrected chi connectivity index (χ2v) is 4.49. The minimum atomic E-state index is -0.641. The van der Waals surface area contributed by atoms with Crippen molar-refractivity contribution in [1.29, 1.82) is 0 Å². The lowest BCUT2D eigenvalue weighted by Crippen LogP contribution is -2.22. The molecule has 0 fully saturated rings. The molecule has 1 amide bonds. The van der Waals surface area contributed by atoms with E-state index in [9.17, 15) is 18.4 Å². The van der Waals surface area contributed by atoms with Gasteiger partial charge in [-0.15, -0.1) is 0 Å². The third-order valence-corrected chi connectivity index (χ3v) is 2.77. The lowest BCUT2D eigenvalue weighted by atomic mass is 10.1. The summed E-state index contributed by atoms with van der Waals surface area (Å²) in [5.41, 5.74) is 0.586. The van der Waals surface area contributed by atoms with Crippen molar-refractivity contribution in [2.45, 2.75) is 6.42 Å². The fourth-order valence-electron chi connectivity index (χ4n) is 1.71. The van der Waals surface area contributed by atoms with Crippen molar-refractivity contribution < 1.29 is 23.1 Å². The SMILES string of the molecule is O=C(COC(=O)Cc1ccc(F)cc1)Nc1ccccc1F. The molecule has 0 unspecified atom stereocenters. The summed E-state index contributed by atoms with van der Waals surface area (Å²) in [5.74, 6) is -2.25. The largest absolute Gasteiger partial charge is 0.455 e. The molecule has 0 aromatic heterocycles. The highest BCUT2D eigenvalue weighted by Gasteiger charge is 2.10. The summed E-state index contributed by atoms with van der Waals surface area (Å²) in [5, 5.41) is 2.30. The van der Waals surface area contributed by atoms with E-state index in [1.165, 1.54) is 42.5 Å². The van der Waals surface area contributed by atoms with E-state index in [4.69, 9.17) is 4.74 Å². The highest BCUT2D eigenvalue weighted by atomic mass is 19.1. The van der Waals surface area contributed by atoms with Crippen LogP contribution in [0.2, 0.25) is 0 Å². The molecule has 0 aliphatic heterocycles. The van der Waals surface area contributed by atoms with Crippen LogP contribution in [0.15, 0.2) is 48.5 Å². The van der Waals surface area contributed by atoms with Gasteiger partial charge in [-0.25, -0.2) is 8.78 Å². The first-order chi connectivity index (χ1) is 10.5. The third-order valence-electron chi connectivity index (χ3n) is 2.77. The minimum absolute atomic E-state index is 0.0158. The summed E-state index contributed by atoms with van der Waals surface area (Å²) in [6.45, 7) is -0.519. The number of hydrogen-bond acceptors (Lipinski definition) is 3. The molecule has 1 N–H and O–H groups in total. The smallest absolute Gasteiger partial charge is 0.310 e. The lowest BCUT2D eigenvalue weighted by Gasteiger charge is -2.07. The average Bonchev–Trinajstić information content (AvgIpc) is 2.50.